The second kappa shape index (κ2) is 10.6. The van der Waals surface area contributed by atoms with Gasteiger partial charge in [0.2, 0.25) is 0 Å². The number of amides is 3. The van der Waals surface area contributed by atoms with Crippen LogP contribution in [0.25, 0.3) is 22.4 Å². The number of carbonyl (C=O) groups excluding carboxylic acids is 3. The van der Waals surface area contributed by atoms with E-state index in [0.717, 1.165) is 5.56 Å². The molecule has 3 heterocycles. The Balaban J connectivity index is 1.35. The lowest BCUT2D eigenvalue weighted by Gasteiger charge is -2.19. The highest BCUT2D eigenvalue weighted by Crippen LogP contribution is 2.25. The molecule has 0 radical (unpaired) electrons. The third-order valence-electron chi connectivity index (χ3n) is 5.68. The van der Waals surface area contributed by atoms with Crippen LogP contribution in [-0.2, 0) is 11.2 Å². The van der Waals surface area contributed by atoms with Crippen LogP contribution < -0.4 is 16.2 Å². The SMILES string of the molecule is O=C(NC(Cc1ccccc1)C(=O)NNC(=O)c1cc(-c2ccco2)nc2ccccc12)c1ccco1. The first-order valence-corrected chi connectivity index (χ1v) is 11.5. The molecule has 5 aromatic rings. The van der Waals surface area contributed by atoms with Crippen molar-refractivity contribution in [3.8, 4) is 11.5 Å². The van der Waals surface area contributed by atoms with Crippen LogP contribution in [0.15, 0.2) is 106 Å². The maximum atomic E-state index is 13.2. The molecule has 9 heteroatoms. The number of furan rings is 2. The Morgan fingerprint density at radius 1 is 0.784 bits per heavy atom. The van der Waals surface area contributed by atoms with Crippen molar-refractivity contribution in [3.63, 3.8) is 0 Å². The lowest BCUT2D eigenvalue weighted by Crippen LogP contribution is -2.53. The Kier molecular flexibility index (Phi) is 6.76. The van der Waals surface area contributed by atoms with Gasteiger partial charge in [-0.2, -0.15) is 0 Å². The van der Waals surface area contributed by atoms with E-state index in [2.05, 4.69) is 21.2 Å². The van der Waals surface area contributed by atoms with Gasteiger partial charge >= 0.3 is 0 Å². The summed E-state index contributed by atoms with van der Waals surface area (Å²) < 4.78 is 10.6. The summed E-state index contributed by atoms with van der Waals surface area (Å²) in [5.74, 6) is -1.11. The number of hydrogen-bond acceptors (Lipinski definition) is 6. The fraction of sp³-hybridized carbons (Fsp3) is 0.0714. The number of hydrazine groups is 1. The van der Waals surface area contributed by atoms with Crippen molar-refractivity contribution in [2.24, 2.45) is 0 Å². The van der Waals surface area contributed by atoms with Crippen molar-refractivity contribution in [1.29, 1.82) is 0 Å². The zero-order valence-corrected chi connectivity index (χ0v) is 19.5. The quantitative estimate of drug-likeness (QED) is 0.295. The van der Waals surface area contributed by atoms with Crippen molar-refractivity contribution in [3.05, 3.63) is 114 Å². The zero-order valence-electron chi connectivity index (χ0n) is 19.5. The van der Waals surface area contributed by atoms with Gasteiger partial charge in [-0.15, -0.1) is 0 Å². The molecule has 184 valence electrons. The predicted molar refractivity (Wildman–Crippen MR) is 135 cm³/mol. The number of pyridine rings is 1. The number of carbonyl (C=O) groups is 3. The maximum Gasteiger partial charge on any atom is 0.287 e. The van der Waals surface area contributed by atoms with Crippen molar-refractivity contribution < 1.29 is 23.2 Å². The van der Waals surface area contributed by atoms with Crippen LogP contribution in [0.3, 0.4) is 0 Å². The van der Waals surface area contributed by atoms with Gasteiger partial charge in [-0.3, -0.25) is 25.2 Å². The summed E-state index contributed by atoms with van der Waals surface area (Å²) in [5, 5.41) is 3.28. The molecule has 1 atom stereocenters. The van der Waals surface area contributed by atoms with Crippen LogP contribution in [0.4, 0.5) is 0 Å². The Hall–Kier alpha value is -5.18. The molecule has 0 spiro atoms. The second-order valence-electron chi connectivity index (χ2n) is 8.19. The number of fused-ring (bicyclic) bond motifs is 1. The van der Waals surface area contributed by atoms with Crippen molar-refractivity contribution in [2.45, 2.75) is 12.5 Å². The molecule has 0 bridgehead atoms. The van der Waals surface area contributed by atoms with Crippen LogP contribution in [0.1, 0.15) is 26.5 Å². The first-order valence-electron chi connectivity index (χ1n) is 11.5. The molecule has 0 aliphatic heterocycles. The van der Waals surface area contributed by atoms with Gasteiger partial charge < -0.3 is 14.2 Å². The van der Waals surface area contributed by atoms with Gasteiger partial charge in [-0.05, 0) is 42.0 Å². The lowest BCUT2D eigenvalue weighted by molar-refractivity contribution is -0.123. The van der Waals surface area contributed by atoms with Crippen molar-refractivity contribution >= 4 is 28.6 Å². The summed E-state index contributed by atoms with van der Waals surface area (Å²) in [6.45, 7) is 0. The molecule has 0 aliphatic carbocycles. The molecular formula is C28H22N4O5. The van der Waals surface area contributed by atoms with E-state index in [1.54, 1.807) is 42.5 Å². The van der Waals surface area contributed by atoms with Crippen LogP contribution in [0.2, 0.25) is 0 Å². The van der Waals surface area contributed by atoms with Gasteiger partial charge in [0, 0.05) is 11.8 Å². The first-order chi connectivity index (χ1) is 18.1. The molecule has 3 amide bonds. The molecule has 0 fully saturated rings. The third-order valence-corrected chi connectivity index (χ3v) is 5.68. The number of aromatic nitrogens is 1. The Morgan fingerprint density at radius 2 is 1.54 bits per heavy atom. The fourth-order valence-corrected chi connectivity index (χ4v) is 3.88. The normalized spacial score (nSPS) is 11.6. The minimum atomic E-state index is -0.979. The van der Waals surface area contributed by atoms with Gasteiger partial charge in [-0.25, -0.2) is 4.98 Å². The van der Waals surface area contributed by atoms with Gasteiger partial charge in [-0.1, -0.05) is 48.5 Å². The number of nitrogens with one attached hydrogen (secondary N) is 3. The summed E-state index contributed by atoms with van der Waals surface area (Å²) in [5.41, 5.74) is 7.12. The maximum absolute atomic E-state index is 13.2. The molecule has 37 heavy (non-hydrogen) atoms. The summed E-state index contributed by atoms with van der Waals surface area (Å²) in [4.78, 5) is 43.4. The van der Waals surface area contributed by atoms with Gasteiger partial charge in [0.25, 0.3) is 17.7 Å². The highest BCUT2D eigenvalue weighted by atomic mass is 16.3. The highest BCUT2D eigenvalue weighted by Gasteiger charge is 2.24. The number of hydrogen-bond donors (Lipinski definition) is 3. The average molecular weight is 495 g/mol. The molecule has 0 saturated heterocycles. The summed E-state index contributed by atoms with van der Waals surface area (Å²) in [6.07, 6.45) is 3.10. The molecule has 0 aliphatic rings. The van der Waals surface area contributed by atoms with Crippen LogP contribution in [0, 0.1) is 0 Å². The van der Waals surface area contributed by atoms with E-state index < -0.39 is 23.8 Å². The minimum absolute atomic E-state index is 0.0728. The smallest absolute Gasteiger partial charge is 0.287 e. The Morgan fingerprint density at radius 3 is 2.30 bits per heavy atom. The van der Waals surface area contributed by atoms with E-state index in [4.69, 9.17) is 8.83 Å². The predicted octanol–water partition coefficient (Wildman–Crippen LogP) is 3.89. The number of para-hydroxylation sites is 1. The summed E-state index contributed by atoms with van der Waals surface area (Å²) >= 11 is 0. The van der Waals surface area contributed by atoms with E-state index in [1.165, 1.54) is 18.6 Å². The minimum Gasteiger partial charge on any atom is -0.463 e. The number of nitrogens with zero attached hydrogens (tertiary/aromatic N) is 1. The van der Waals surface area contributed by atoms with Gasteiger partial charge in [0.15, 0.2) is 11.5 Å². The van der Waals surface area contributed by atoms with E-state index in [1.807, 2.05) is 36.4 Å². The monoisotopic (exact) mass is 494 g/mol. The first kappa shape index (κ1) is 23.6. The van der Waals surface area contributed by atoms with E-state index in [9.17, 15) is 14.4 Å². The van der Waals surface area contributed by atoms with Gasteiger partial charge in [0.1, 0.15) is 11.7 Å². The Labute approximate surface area is 211 Å². The standard InChI is InChI=1S/C28H22N4O5/c33-26(20-17-22(24-12-6-14-36-24)29-21-11-5-4-10-19(20)21)31-32-27(34)23(16-18-8-2-1-3-9-18)30-28(35)25-13-7-15-37-25/h1-15,17,23H,16H2,(H,30,35)(H,31,33)(H,32,34). The molecule has 1 unspecified atom stereocenters. The molecule has 9 nitrogen and oxygen atoms in total. The Bertz CT molecular complexity index is 1530. The highest BCUT2D eigenvalue weighted by molar-refractivity contribution is 6.07. The lowest BCUT2D eigenvalue weighted by atomic mass is 10.1. The van der Waals surface area contributed by atoms with Crippen molar-refractivity contribution in [2.75, 3.05) is 0 Å². The third kappa shape index (κ3) is 5.40. The summed E-state index contributed by atoms with van der Waals surface area (Å²) in [6, 6.07) is 23.6. The fourth-order valence-electron chi connectivity index (χ4n) is 3.88. The summed E-state index contributed by atoms with van der Waals surface area (Å²) in [7, 11) is 0. The van der Waals surface area contributed by atoms with Crippen LogP contribution in [-0.4, -0.2) is 28.7 Å². The molecule has 3 N–H and O–H groups in total. The van der Waals surface area contributed by atoms with Crippen LogP contribution >= 0.6 is 0 Å². The largest absolute Gasteiger partial charge is 0.463 e. The molecule has 3 aromatic heterocycles. The average Bonchev–Trinajstić information content (AvgIpc) is 3.66. The van der Waals surface area contributed by atoms with Crippen molar-refractivity contribution in [1.82, 2.24) is 21.2 Å². The molecular weight excluding hydrogens is 472 g/mol. The van der Waals surface area contributed by atoms with E-state index >= 15 is 0 Å². The van der Waals surface area contributed by atoms with E-state index in [-0.39, 0.29) is 12.2 Å². The van der Waals surface area contributed by atoms with Gasteiger partial charge in [0.05, 0.1) is 23.6 Å². The zero-order chi connectivity index (χ0) is 25.6. The topological polar surface area (TPSA) is 126 Å². The molecule has 0 saturated carbocycles. The second-order valence-corrected chi connectivity index (χ2v) is 8.19. The van der Waals surface area contributed by atoms with E-state index in [0.29, 0.717) is 27.9 Å². The molecule has 5 rings (SSSR count). The van der Waals surface area contributed by atoms with Crippen LogP contribution in [0.5, 0.6) is 0 Å². The molecule has 2 aromatic carbocycles. The number of benzene rings is 2. The number of rotatable bonds is 7.